The first kappa shape index (κ1) is 11.8. The highest BCUT2D eigenvalue weighted by atomic mass is 16.5. The molecule has 0 radical (unpaired) electrons. The maximum absolute atomic E-state index is 10.8. The predicted octanol–water partition coefficient (Wildman–Crippen LogP) is 1.28. The second-order valence-electron chi connectivity index (χ2n) is 2.94. The summed E-state index contributed by atoms with van der Waals surface area (Å²) in [5, 5.41) is 18.1. The Balaban J connectivity index is 3.03. The lowest BCUT2D eigenvalue weighted by atomic mass is 10.1. The SMILES string of the molecule is COC(=O)C=Cc1cc(C(=O)O)ccc1O. The summed E-state index contributed by atoms with van der Waals surface area (Å²) in [6, 6.07) is 3.78. The van der Waals surface area contributed by atoms with Crippen molar-refractivity contribution in [3.63, 3.8) is 0 Å². The van der Waals surface area contributed by atoms with Crippen LogP contribution in [0.4, 0.5) is 0 Å². The normalized spacial score (nSPS) is 10.3. The van der Waals surface area contributed by atoms with Crippen molar-refractivity contribution in [1.29, 1.82) is 0 Å². The number of carboxylic acid groups (broad SMARTS) is 1. The van der Waals surface area contributed by atoms with Crippen LogP contribution < -0.4 is 0 Å². The molecule has 0 aliphatic carbocycles. The first-order valence-electron chi connectivity index (χ1n) is 4.37. The van der Waals surface area contributed by atoms with Crippen LogP contribution in [0.25, 0.3) is 6.08 Å². The zero-order valence-corrected chi connectivity index (χ0v) is 8.51. The molecular weight excluding hydrogens is 212 g/mol. The number of carbonyl (C=O) groups excluding carboxylic acids is 1. The molecule has 0 unspecified atom stereocenters. The average molecular weight is 222 g/mol. The van der Waals surface area contributed by atoms with Crippen molar-refractivity contribution in [1.82, 2.24) is 0 Å². The van der Waals surface area contributed by atoms with Crippen LogP contribution in [0.1, 0.15) is 15.9 Å². The lowest BCUT2D eigenvalue weighted by Crippen LogP contribution is -1.97. The van der Waals surface area contributed by atoms with Gasteiger partial charge in [0.25, 0.3) is 0 Å². The number of methoxy groups -OCH3 is 1. The van der Waals surface area contributed by atoms with Crippen molar-refractivity contribution < 1.29 is 24.5 Å². The lowest BCUT2D eigenvalue weighted by molar-refractivity contribution is -0.134. The maximum Gasteiger partial charge on any atom is 0.335 e. The van der Waals surface area contributed by atoms with E-state index in [-0.39, 0.29) is 16.9 Å². The predicted molar refractivity (Wildman–Crippen MR) is 56.1 cm³/mol. The fourth-order valence-electron chi connectivity index (χ4n) is 1.05. The van der Waals surface area contributed by atoms with Gasteiger partial charge in [0, 0.05) is 11.6 Å². The number of benzene rings is 1. The Morgan fingerprint density at radius 2 is 2.06 bits per heavy atom. The van der Waals surface area contributed by atoms with Gasteiger partial charge in [-0.15, -0.1) is 0 Å². The number of carboxylic acids is 1. The Labute approximate surface area is 91.6 Å². The zero-order valence-electron chi connectivity index (χ0n) is 8.51. The third-order valence-electron chi connectivity index (χ3n) is 1.87. The Kier molecular flexibility index (Phi) is 3.66. The van der Waals surface area contributed by atoms with E-state index in [1.807, 2.05) is 0 Å². The molecule has 16 heavy (non-hydrogen) atoms. The van der Waals surface area contributed by atoms with E-state index in [4.69, 9.17) is 5.11 Å². The topological polar surface area (TPSA) is 83.8 Å². The van der Waals surface area contributed by atoms with E-state index in [1.54, 1.807) is 0 Å². The summed E-state index contributed by atoms with van der Waals surface area (Å²) in [6.45, 7) is 0. The number of aromatic hydroxyl groups is 1. The number of rotatable bonds is 3. The monoisotopic (exact) mass is 222 g/mol. The standard InChI is InChI=1S/C11H10O5/c1-16-10(13)5-3-7-6-8(11(14)15)2-4-9(7)12/h2-6,12H,1H3,(H,14,15). The third kappa shape index (κ3) is 2.84. The number of aromatic carboxylic acids is 1. The largest absolute Gasteiger partial charge is 0.507 e. The van der Waals surface area contributed by atoms with Crippen LogP contribution in [-0.2, 0) is 9.53 Å². The molecule has 1 aromatic carbocycles. The van der Waals surface area contributed by atoms with Crippen LogP contribution in [0.2, 0.25) is 0 Å². The van der Waals surface area contributed by atoms with Gasteiger partial charge in [0.15, 0.2) is 0 Å². The number of phenols is 1. The van der Waals surface area contributed by atoms with Crippen LogP contribution in [0.3, 0.4) is 0 Å². The lowest BCUT2D eigenvalue weighted by Gasteiger charge is -2.00. The fourth-order valence-corrected chi connectivity index (χ4v) is 1.05. The van der Waals surface area contributed by atoms with E-state index in [1.165, 1.54) is 31.4 Å². The average Bonchev–Trinajstić information content (AvgIpc) is 2.27. The van der Waals surface area contributed by atoms with Gasteiger partial charge in [0.2, 0.25) is 0 Å². The molecule has 1 rings (SSSR count). The van der Waals surface area contributed by atoms with Crippen molar-refractivity contribution in [3.05, 3.63) is 35.4 Å². The highest BCUT2D eigenvalue weighted by Crippen LogP contribution is 2.20. The van der Waals surface area contributed by atoms with E-state index in [0.717, 1.165) is 6.08 Å². The van der Waals surface area contributed by atoms with Gasteiger partial charge >= 0.3 is 11.9 Å². The smallest absolute Gasteiger partial charge is 0.335 e. The molecule has 2 N–H and O–H groups in total. The van der Waals surface area contributed by atoms with E-state index >= 15 is 0 Å². The summed E-state index contributed by atoms with van der Waals surface area (Å²) in [7, 11) is 1.22. The molecule has 0 bridgehead atoms. The minimum Gasteiger partial charge on any atom is -0.507 e. The molecule has 1 aromatic rings. The van der Waals surface area contributed by atoms with E-state index in [0.29, 0.717) is 0 Å². The van der Waals surface area contributed by atoms with Crippen LogP contribution in [-0.4, -0.2) is 29.3 Å². The molecule has 0 aliphatic rings. The fraction of sp³-hybridized carbons (Fsp3) is 0.0909. The molecule has 0 spiro atoms. The highest BCUT2D eigenvalue weighted by Gasteiger charge is 2.06. The second kappa shape index (κ2) is 4.97. The summed E-state index contributed by atoms with van der Waals surface area (Å²) in [5.41, 5.74) is 0.271. The molecule has 5 nitrogen and oxygen atoms in total. The van der Waals surface area contributed by atoms with Gasteiger partial charge in [-0.2, -0.15) is 0 Å². The molecule has 5 heteroatoms. The number of esters is 1. The van der Waals surface area contributed by atoms with Gasteiger partial charge in [0.05, 0.1) is 12.7 Å². The van der Waals surface area contributed by atoms with Crippen molar-refractivity contribution in [2.24, 2.45) is 0 Å². The quantitative estimate of drug-likeness (QED) is 0.594. The van der Waals surface area contributed by atoms with E-state index in [9.17, 15) is 14.7 Å². The highest BCUT2D eigenvalue weighted by molar-refractivity contribution is 5.91. The van der Waals surface area contributed by atoms with Gasteiger partial charge in [-0.3, -0.25) is 0 Å². The molecule has 0 saturated heterocycles. The summed E-state index contributed by atoms with van der Waals surface area (Å²) in [4.78, 5) is 21.5. The van der Waals surface area contributed by atoms with Crippen molar-refractivity contribution in [2.45, 2.75) is 0 Å². The molecule has 0 aliphatic heterocycles. The van der Waals surface area contributed by atoms with Crippen molar-refractivity contribution in [3.8, 4) is 5.75 Å². The van der Waals surface area contributed by atoms with Crippen molar-refractivity contribution in [2.75, 3.05) is 7.11 Å². The number of ether oxygens (including phenoxy) is 1. The number of carbonyl (C=O) groups is 2. The molecule has 0 heterocycles. The Bertz CT molecular complexity index is 448. The zero-order chi connectivity index (χ0) is 12.1. The maximum atomic E-state index is 10.8. The Morgan fingerprint density at radius 3 is 2.62 bits per heavy atom. The first-order valence-corrected chi connectivity index (χ1v) is 4.37. The van der Waals surface area contributed by atoms with Crippen LogP contribution in [0.15, 0.2) is 24.3 Å². The first-order chi connectivity index (χ1) is 7.54. The summed E-state index contributed by atoms with van der Waals surface area (Å²) in [6.07, 6.45) is 2.38. The molecule has 0 fully saturated rings. The molecule has 0 saturated carbocycles. The Hall–Kier alpha value is -2.30. The Morgan fingerprint density at radius 1 is 1.38 bits per heavy atom. The van der Waals surface area contributed by atoms with Gasteiger partial charge in [-0.05, 0) is 24.3 Å². The molecule has 84 valence electrons. The van der Waals surface area contributed by atoms with Crippen LogP contribution >= 0.6 is 0 Å². The van der Waals surface area contributed by atoms with E-state index in [2.05, 4.69) is 4.74 Å². The van der Waals surface area contributed by atoms with Gasteiger partial charge < -0.3 is 14.9 Å². The van der Waals surface area contributed by atoms with Gasteiger partial charge in [-0.1, -0.05) is 0 Å². The molecular formula is C11H10O5. The summed E-state index contributed by atoms with van der Waals surface area (Å²) in [5.74, 6) is -1.79. The van der Waals surface area contributed by atoms with Crippen LogP contribution in [0, 0.1) is 0 Å². The number of phenolic OH excluding ortho intramolecular Hbond substituents is 1. The third-order valence-corrected chi connectivity index (χ3v) is 1.87. The minimum absolute atomic E-state index is 0.0299. The molecule has 0 atom stereocenters. The second-order valence-corrected chi connectivity index (χ2v) is 2.94. The van der Waals surface area contributed by atoms with Crippen LogP contribution in [0.5, 0.6) is 5.75 Å². The number of hydrogen-bond acceptors (Lipinski definition) is 4. The van der Waals surface area contributed by atoms with Gasteiger partial charge in [0.1, 0.15) is 5.75 Å². The minimum atomic E-state index is -1.10. The molecule has 0 amide bonds. The molecule has 0 aromatic heterocycles. The van der Waals surface area contributed by atoms with E-state index < -0.39 is 11.9 Å². The summed E-state index contributed by atoms with van der Waals surface area (Å²) < 4.78 is 4.37. The number of hydrogen-bond donors (Lipinski definition) is 2. The van der Waals surface area contributed by atoms with Crippen molar-refractivity contribution >= 4 is 18.0 Å². The summed E-state index contributed by atoms with van der Waals surface area (Å²) >= 11 is 0. The van der Waals surface area contributed by atoms with Gasteiger partial charge in [-0.25, -0.2) is 9.59 Å².